The van der Waals surface area contributed by atoms with E-state index in [0.717, 1.165) is 24.3 Å². The average molecular weight is 340 g/mol. The summed E-state index contributed by atoms with van der Waals surface area (Å²) in [5.41, 5.74) is 2.08. The molecule has 25 heavy (non-hydrogen) atoms. The second-order valence-corrected chi connectivity index (χ2v) is 7.51. The van der Waals surface area contributed by atoms with Crippen LogP contribution >= 0.6 is 0 Å². The first kappa shape index (κ1) is 16.1. The number of hydrogen-bond acceptors (Lipinski definition) is 3. The van der Waals surface area contributed by atoms with Gasteiger partial charge in [-0.3, -0.25) is 0 Å². The van der Waals surface area contributed by atoms with Crippen LogP contribution in [-0.4, -0.2) is 34.3 Å². The van der Waals surface area contributed by atoms with Crippen LogP contribution in [0.4, 0.5) is 4.79 Å². The van der Waals surface area contributed by atoms with Crippen molar-refractivity contribution in [1.82, 2.24) is 20.2 Å². The van der Waals surface area contributed by atoms with Crippen LogP contribution in [0.3, 0.4) is 0 Å². The highest BCUT2D eigenvalue weighted by Gasteiger charge is 2.59. The van der Waals surface area contributed by atoms with Crippen LogP contribution in [0.5, 0.6) is 0 Å². The van der Waals surface area contributed by atoms with E-state index >= 15 is 0 Å². The smallest absolute Gasteiger partial charge is 0.315 e. The van der Waals surface area contributed by atoms with Crippen molar-refractivity contribution in [2.24, 2.45) is 11.3 Å². The number of benzene rings is 1. The summed E-state index contributed by atoms with van der Waals surface area (Å²) in [7, 11) is 0. The van der Waals surface area contributed by atoms with Crippen molar-refractivity contribution >= 4 is 6.03 Å². The molecule has 2 amide bonds. The first-order valence-corrected chi connectivity index (χ1v) is 8.79. The van der Waals surface area contributed by atoms with Gasteiger partial charge in [0.15, 0.2) is 0 Å². The third-order valence-electron chi connectivity index (χ3n) is 5.55. The number of rotatable bonds is 4. The van der Waals surface area contributed by atoms with Gasteiger partial charge in [0.25, 0.3) is 0 Å². The Morgan fingerprint density at radius 2 is 2.32 bits per heavy atom. The van der Waals surface area contributed by atoms with E-state index in [1.807, 2.05) is 29.0 Å². The molecule has 2 fully saturated rings. The van der Waals surface area contributed by atoms with Crippen molar-refractivity contribution in [3.05, 3.63) is 48.5 Å². The highest BCUT2D eigenvalue weighted by atomic mass is 16.5. The van der Waals surface area contributed by atoms with E-state index in [9.17, 15) is 4.79 Å². The average Bonchev–Trinajstić information content (AvgIpc) is 3.28. The first-order chi connectivity index (χ1) is 12.1. The van der Waals surface area contributed by atoms with E-state index in [0.29, 0.717) is 12.5 Å². The minimum atomic E-state index is -0.114. The standard InChI is InChI=1S/C19H24N4O2/c1-19(2)16(15-6-9-25-17(15)19)22-18(24)21-11-13-4-3-5-14(10-13)23-8-7-20-12-23/h3-5,7-8,10,12,15-17H,6,9,11H2,1-2H3,(H2,21,22,24)/t15-,16+,17-/m0/s1. The summed E-state index contributed by atoms with van der Waals surface area (Å²) in [6.07, 6.45) is 6.73. The van der Waals surface area contributed by atoms with Crippen molar-refractivity contribution in [3.63, 3.8) is 0 Å². The van der Waals surface area contributed by atoms with Crippen LogP contribution < -0.4 is 10.6 Å². The van der Waals surface area contributed by atoms with Crippen molar-refractivity contribution < 1.29 is 9.53 Å². The van der Waals surface area contributed by atoms with E-state index in [-0.39, 0.29) is 23.6 Å². The number of hydrogen-bond donors (Lipinski definition) is 2. The third kappa shape index (κ3) is 2.91. The Labute approximate surface area is 147 Å². The zero-order chi connectivity index (χ0) is 17.4. The molecule has 1 aliphatic carbocycles. The number of amides is 2. The maximum absolute atomic E-state index is 12.3. The molecule has 2 aromatic rings. The number of carbonyl (C=O) groups excluding carboxylic acids is 1. The zero-order valence-corrected chi connectivity index (χ0v) is 14.6. The van der Waals surface area contributed by atoms with E-state index < -0.39 is 0 Å². The molecule has 132 valence electrons. The molecule has 1 saturated heterocycles. The fourth-order valence-electron chi connectivity index (χ4n) is 4.23. The largest absolute Gasteiger partial charge is 0.377 e. The molecule has 0 bridgehead atoms. The van der Waals surface area contributed by atoms with Gasteiger partial charge in [0.1, 0.15) is 0 Å². The van der Waals surface area contributed by atoms with Gasteiger partial charge >= 0.3 is 6.03 Å². The molecule has 1 aliphatic heterocycles. The number of ether oxygens (including phenoxy) is 1. The number of nitrogens with zero attached hydrogens (tertiary/aromatic N) is 2. The van der Waals surface area contributed by atoms with Gasteiger partial charge in [-0.2, -0.15) is 0 Å². The van der Waals surface area contributed by atoms with E-state index in [2.05, 4.69) is 35.5 Å². The summed E-state index contributed by atoms with van der Waals surface area (Å²) < 4.78 is 7.72. The Hall–Kier alpha value is -2.34. The Balaban J connectivity index is 1.34. The van der Waals surface area contributed by atoms with Gasteiger partial charge < -0.3 is 19.9 Å². The van der Waals surface area contributed by atoms with E-state index in [1.165, 1.54) is 0 Å². The quantitative estimate of drug-likeness (QED) is 0.898. The normalized spacial score (nSPS) is 26.6. The Kier molecular flexibility index (Phi) is 4.00. The molecule has 2 aliphatic rings. The SMILES string of the molecule is CC1(C)[C@H](NC(=O)NCc2cccc(-n3ccnc3)c2)[C@@H]2CCO[C@@H]21. The summed E-state index contributed by atoms with van der Waals surface area (Å²) in [5.74, 6) is 0.449. The summed E-state index contributed by atoms with van der Waals surface area (Å²) in [6.45, 7) is 5.63. The van der Waals surface area contributed by atoms with E-state index in [4.69, 9.17) is 4.74 Å². The molecular formula is C19H24N4O2. The molecule has 4 rings (SSSR count). The molecule has 1 saturated carbocycles. The lowest BCUT2D eigenvalue weighted by Crippen LogP contribution is -2.67. The monoisotopic (exact) mass is 340 g/mol. The van der Waals surface area contributed by atoms with Gasteiger partial charge in [0.05, 0.1) is 12.4 Å². The molecule has 2 N–H and O–H groups in total. The van der Waals surface area contributed by atoms with Gasteiger partial charge in [0.2, 0.25) is 0 Å². The number of aromatic nitrogens is 2. The Bertz CT molecular complexity index is 757. The van der Waals surface area contributed by atoms with Crippen molar-refractivity contribution in [3.8, 4) is 5.69 Å². The second-order valence-electron chi connectivity index (χ2n) is 7.51. The molecule has 0 spiro atoms. The van der Waals surface area contributed by atoms with Crippen LogP contribution in [0.15, 0.2) is 43.0 Å². The zero-order valence-electron chi connectivity index (χ0n) is 14.6. The van der Waals surface area contributed by atoms with Crippen molar-refractivity contribution in [2.45, 2.75) is 39.0 Å². The van der Waals surface area contributed by atoms with E-state index in [1.54, 1.807) is 12.5 Å². The maximum atomic E-state index is 12.3. The summed E-state index contributed by atoms with van der Waals surface area (Å²) in [4.78, 5) is 16.4. The topological polar surface area (TPSA) is 68.2 Å². The highest BCUT2D eigenvalue weighted by Crippen LogP contribution is 2.52. The lowest BCUT2D eigenvalue weighted by Gasteiger charge is -2.54. The molecule has 0 unspecified atom stereocenters. The van der Waals surface area contributed by atoms with Gasteiger partial charge in [0, 0.05) is 48.6 Å². The van der Waals surface area contributed by atoms with Gasteiger partial charge in [-0.15, -0.1) is 0 Å². The van der Waals surface area contributed by atoms with Crippen LogP contribution in [0, 0.1) is 11.3 Å². The fraction of sp³-hybridized carbons (Fsp3) is 0.474. The minimum absolute atomic E-state index is 0.000153. The lowest BCUT2D eigenvalue weighted by molar-refractivity contribution is -0.108. The summed E-state index contributed by atoms with van der Waals surface area (Å²) in [6, 6.07) is 8.13. The predicted octanol–water partition coefficient (Wildman–Crippen LogP) is 2.49. The Morgan fingerprint density at radius 1 is 1.44 bits per heavy atom. The first-order valence-electron chi connectivity index (χ1n) is 8.79. The third-order valence-corrected chi connectivity index (χ3v) is 5.55. The number of nitrogens with one attached hydrogen (secondary N) is 2. The van der Waals surface area contributed by atoms with Crippen molar-refractivity contribution in [1.29, 1.82) is 0 Å². The molecule has 6 heteroatoms. The fourth-order valence-corrected chi connectivity index (χ4v) is 4.23. The minimum Gasteiger partial charge on any atom is -0.377 e. The summed E-state index contributed by atoms with van der Waals surface area (Å²) >= 11 is 0. The number of urea groups is 1. The second kappa shape index (κ2) is 6.19. The van der Waals surface area contributed by atoms with Crippen LogP contribution in [0.2, 0.25) is 0 Å². The molecule has 6 nitrogen and oxygen atoms in total. The molecule has 2 heterocycles. The molecule has 1 aromatic heterocycles. The van der Waals surface area contributed by atoms with Crippen LogP contribution in [0.1, 0.15) is 25.8 Å². The molecule has 1 aromatic carbocycles. The van der Waals surface area contributed by atoms with Gasteiger partial charge in [-0.05, 0) is 24.1 Å². The molecule has 3 atom stereocenters. The van der Waals surface area contributed by atoms with Gasteiger partial charge in [-0.1, -0.05) is 26.0 Å². The van der Waals surface area contributed by atoms with Crippen molar-refractivity contribution in [2.75, 3.05) is 6.61 Å². The van der Waals surface area contributed by atoms with Gasteiger partial charge in [-0.25, -0.2) is 9.78 Å². The summed E-state index contributed by atoms with van der Waals surface area (Å²) in [5, 5.41) is 6.12. The Morgan fingerprint density at radius 3 is 3.12 bits per heavy atom. The molecule has 0 radical (unpaired) electrons. The number of fused-ring (bicyclic) bond motifs is 1. The predicted molar refractivity (Wildman–Crippen MR) is 94.4 cm³/mol. The van der Waals surface area contributed by atoms with Crippen LogP contribution in [0.25, 0.3) is 5.69 Å². The molecular weight excluding hydrogens is 316 g/mol. The maximum Gasteiger partial charge on any atom is 0.315 e. The lowest BCUT2D eigenvalue weighted by atomic mass is 9.57. The number of carbonyl (C=O) groups is 1. The number of imidazole rings is 1. The highest BCUT2D eigenvalue weighted by molar-refractivity contribution is 5.74. The van der Waals surface area contributed by atoms with Crippen LogP contribution in [-0.2, 0) is 11.3 Å².